The van der Waals surface area contributed by atoms with E-state index in [-0.39, 0.29) is 6.04 Å². The van der Waals surface area contributed by atoms with Gasteiger partial charge in [-0.3, -0.25) is 9.69 Å². The molecule has 2 rings (SSSR count). The van der Waals surface area contributed by atoms with Gasteiger partial charge in [0.2, 0.25) is 0 Å². The van der Waals surface area contributed by atoms with Crippen LogP contribution in [0.2, 0.25) is 0 Å². The third-order valence-electron chi connectivity index (χ3n) is 4.73. The lowest BCUT2D eigenvalue weighted by atomic mass is 9.99. The van der Waals surface area contributed by atoms with Gasteiger partial charge in [0, 0.05) is 12.6 Å². The first-order valence-electron chi connectivity index (χ1n) is 8.29. The number of rotatable bonds is 4. The van der Waals surface area contributed by atoms with Crippen LogP contribution in [0.4, 0.5) is 0 Å². The molecule has 2 heterocycles. The number of carboxylic acids is 1. The smallest absolute Gasteiger partial charge is 0.320 e. The molecule has 4 heteroatoms. The van der Waals surface area contributed by atoms with Crippen LogP contribution >= 0.6 is 0 Å². The van der Waals surface area contributed by atoms with E-state index in [0.29, 0.717) is 6.04 Å². The monoisotopic (exact) mass is 282 g/mol. The van der Waals surface area contributed by atoms with E-state index in [1.165, 1.54) is 13.0 Å². The van der Waals surface area contributed by atoms with Crippen LogP contribution in [0.15, 0.2) is 0 Å². The van der Waals surface area contributed by atoms with Gasteiger partial charge in [-0.2, -0.15) is 0 Å². The molecule has 0 spiro atoms. The fourth-order valence-corrected chi connectivity index (χ4v) is 3.78. The van der Waals surface area contributed by atoms with Crippen molar-refractivity contribution in [3.8, 4) is 0 Å². The predicted octanol–water partition coefficient (Wildman–Crippen LogP) is 2.44. The molecule has 2 saturated heterocycles. The van der Waals surface area contributed by atoms with E-state index in [4.69, 9.17) is 0 Å². The van der Waals surface area contributed by atoms with Gasteiger partial charge in [-0.15, -0.1) is 0 Å². The van der Waals surface area contributed by atoms with Crippen molar-refractivity contribution >= 4 is 5.97 Å². The zero-order valence-electron chi connectivity index (χ0n) is 13.1. The first-order valence-corrected chi connectivity index (χ1v) is 8.29. The molecular weight excluding hydrogens is 252 g/mol. The summed E-state index contributed by atoms with van der Waals surface area (Å²) in [5.41, 5.74) is 0. The zero-order chi connectivity index (χ0) is 14.5. The Balaban J connectivity index is 1.91. The minimum Gasteiger partial charge on any atom is -0.480 e. The molecule has 0 aromatic carbocycles. The van der Waals surface area contributed by atoms with Gasteiger partial charge in [-0.1, -0.05) is 26.7 Å². The summed E-state index contributed by atoms with van der Waals surface area (Å²) in [7, 11) is 0. The topological polar surface area (TPSA) is 43.8 Å². The highest BCUT2D eigenvalue weighted by Crippen LogP contribution is 2.25. The summed E-state index contributed by atoms with van der Waals surface area (Å²) in [4.78, 5) is 16.4. The van der Waals surface area contributed by atoms with E-state index in [1.807, 2.05) is 0 Å². The minimum atomic E-state index is -0.614. The third-order valence-corrected chi connectivity index (χ3v) is 4.73. The molecule has 0 aliphatic carbocycles. The highest BCUT2D eigenvalue weighted by molar-refractivity contribution is 5.73. The lowest BCUT2D eigenvalue weighted by Crippen LogP contribution is -2.51. The molecule has 2 fully saturated rings. The molecule has 0 aromatic rings. The number of hydrogen-bond donors (Lipinski definition) is 1. The van der Waals surface area contributed by atoms with Gasteiger partial charge in [0.25, 0.3) is 0 Å². The summed E-state index contributed by atoms with van der Waals surface area (Å²) < 4.78 is 0. The maximum Gasteiger partial charge on any atom is 0.320 e. The van der Waals surface area contributed by atoms with Gasteiger partial charge >= 0.3 is 5.97 Å². The normalized spacial score (nSPS) is 27.6. The Bertz CT molecular complexity index is 312. The van der Waals surface area contributed by atoms with Crippen molar-refractivity contribution < 1.29 is 9.90 Å². The van der Waals surface area contributed by atoms with Crippen LogP contribution in [-0.2, 0) is 4.79 Å². The molecule has 0 amide bonds. The number of aliphatic carboxylic acids is 1. The summed E-state index contributed by atoms with van der Waals surface area (Å²) in [6, 6.07) is 0.247. The van der Waals surface area contributed by atoms with E-state index in [1.54, 1.807) is 0 Å². The Morgan fingerprint density at radius 3 is 2.40 bits per heavy atom. The molecule has 4 nitrogen and oxygen atoms in total. The molecule has 0 aromatic heterocycles. The summed E-state index contributed by atoms with van der Waals surface area (Å²) in [5, 5.41) is 9.48. The number of carboxylic acid groups (broad SMARTS) is 1. The van der Waals surface area contributed by atoms with Crippen LogP contribution in [0, 0.1) is 5.92 Å². The molecule has 116 valence electrons. The molecule has 0 radical (unpaired) electrons. The van der Waals surface area contributed by atoms with Crippen molar-refractivity contribution in [3.05, 3.63) is 0 Å². The second kappa shape index (κ2) is 7.41. The van der Waals surface area contributed by atoms with E-state index < -0.39 is 5.97 Å². The van der Waals surface area contributed by atoms with Gasteiger partial charge in [0.05, 0.1) is 0 Å². The Morgan fingerprint density at radius 1 is 1.10 bits per heavy atom. The van der Waals surface area contributed by atoms with Gasteiger partial charge in [-0.05, 0) is 51.2 Å². The van der Waals surface area contributed by atoms with Gasteiger partial charge in [-0.25, -0.2) is 0 Å². The van der Waals surface area contributed by atoms with Crippen molar-refractivity contribution in [2.24, 2.45) is 5.92 Å². The molecule has 1 atom stereocenters. The average Bonchev–Trinajstić information content (AvgIpc) is 2.64. The van der Waals surface area contributed by atoms with Crippen LogP contribution in [0.3, 0.4) is 0 Å². The number of piperidine rings is 1. The lowest BCUT2D eigenvalue weighted by molar-refractivity contribution is -0.144. The first kappa shape index (κ1) is 15.8. The van der Waals surface area contributed by atoms with Crippen molar-refractivity contribution in [1.82, 2.24) is 9.80 Å². The lowest BCUT2D eigenvalue weighted by Gasteiger charge is -2.40. The Kier molecular flexibility index (Phi) is 5.85. The summed E-state index contributed by atoms with van der Waals surface area (Å²) >= 11 is 0. The number of likely N-dealkylation sites (tertiary alicyclic amines) is 2. The Morgan fingerprint density at radius 2 is 1.80 bits per heavy atom. The van der Waals surface area contributed by atoms with Crippen LogP contribution in [-0.4, -0.2) is 59.1 Å². The molecule has 0 bridgehead atoms. The van der Waals surface area contributed by atoms with E-state index in [2.05, 4.69) is 23.6 Å². The molecule has 20 heavy (non-hydrogen) atoms. The van der Waals surface area contributed by atoms with Crippen molar-refractivity contribution in [2.45, 2.75) is 64.5 Å². The maximum atomic E-state index is 11.5. The van der Waals surface area contributed by atoms with Crippen molar-refractivity contribution in [3.63, 3.8) is 0 Å². The van der Waals surface area contributed by atoms with Gasteiger partial charge in [0.1, 0.15) is 6.04 Å². The van der Waals surface area contributed by atoms with E-state index >= 15 is 0 Å². The highest BCUT2D eigenvalue weighted by Gasteiger charge is 2.33. The fourth-order valence-electron chi connectivity index (χ4n) is 3.78. The molecule has 1 unspecified atom stereocenters. The summed E-state index contributed by atoms with van der Waals surface area (Å²) in [5.74, 6) is 0.105. The van der Waals surface area contributed by atoms with E-state index in [9.17, 15) is 9.90 Å². The second-order valence-corrected chi connectivity index (χ2v) is 6.87. The molecule has 2 aliphatic rings. The Hall–Kier alpha value is -0.610. The zero-order valence-corrected chi connectivity index (χ0v) is 13.1. The van der Waals surface area contributed by atoms with Crippen LogP contribution in [0.1, 0.15) is 52.4 Å². The van der Waals surface area contributed by atoms with Crippen LogP contribution < -0.4 is 0 Å². The van der Waals surface area contributed by atoms with Crippen LogP contribution in [0.5, 0.6) is 0 Å². The third kappa shape index (κ3) is 4.19. The minimum absolute atomic E-state index is 0.237. The summed E-state index contributed by atoms with van der Waals surface area (Å²) in [6.07, 6.45) is 6.52. The second-order valence-electron chi connectivity index (χ2n) is 6.87. The molecular formula is C16H30N2O2. The largest absolute Gasteiger partial charge is 0.480 e. The van der Waals surface area contributed by atoms with Crippen molar-refractivity contribution in [1.29, 1.82) is 0 Å². The molecule has 0 saturated carbocycles. The standard InChI is InChI=1S/C16H30N2O2/c1-13(2)12-17-10-7-14(8-11-17)18-9-5-3-4-6-15(18)16(19)20/h13-15H,3-12H2,1-2H3,(H,19,20). The number of nitrogens with zero attached hydrogens (tertiary/aromatic N) is 2. The van der Waals surface area contributed by atoms with Crippen molar-refractivity contribution in [2.75, 3.05) is 26.2 Å². The van der Waals surface area contributed by atoms with Gasteiger partial charge in [0.15, 0.2) is 0 Å². The Labute approximate surface area is 123 Å². The number of carbonyl (C=O) groups is 1. The SMILES string of the molecule is CC(C)CN1CCC(N2CCCCCC2C(=O)O)CC1. The van der Waals surface area contributed by atoms with E-state index in [0.717, 1.165) is 57.7 Å². The maximum absolute atomic E-state index is 11.5. The van der Waals surface area contributed by atoms with Crippen LogP contribution in [0.25, 0.3) is 0 Å². The fraction of sp³-hybridized carbons (Fsp3) is 0.938. The molecule has 2 aliphatic heterocycles. The number of hydrogen-bond acceptors (Lipinski definition) is 3. The quantitative estimate of drug-likeness (QED) is 0.860. The average molecular weight is 282 g/mol. The molecule has 1 N–H and O–H groups in total. The highest BCUT2D eigenvalue weighted by atomic mass is 16.4. The van der Waals surface area contributed by atoms with Gasteiger partial charge < -0.3 is 10.0 Å². The summed E-state index contributed by atoms with van der Waals surface area (Å²) in [6.45, 7) is 8.95. The predicted molar refractivity (Wildman–Crippen MR) is 80.9 cm³/mol. The first-order chi connectivity index (χ1) is 9.58.